The zero-order valence-corrected chi connectivity index (χ0v) is 13.9. The number of nitrogens with zero attached hydrogens (tertiary/aromatic N) is 1. The van der Waals surface area contributed by atoms with Crippen LogP contribution in [0.2, 0.25) is 0 Å². The third-order valence-electron chi connectivity index (χ3n) is 2.89. The molecule has 3 aromatic rings. The van der Waals surface area contributed by atoms with Gasteiger partial charge >= 0.3 is 0 Å². The van der Waals surface area contributed by atoms with Gasteiger partial charge < -0.3 is 0 Å². The molecule has 0 aliphatic carbocycles. The monoisotopic (exact) mass is 406 g/mol. The van der Waals surface area contributed by atoms with Crippen LogP contribution in [0.1, 0.15) is 10.4 Å². The van der Waals surface area contributed by atoms with Crippen molar-refractivity contribution in [2.24, 2.45) is 0 Å². The standard InChI is InChI=1S/C16H11IN2OS/c17-13-8-6-12(7-9-13)15(20)19-16-18-10-14(21-16)11-4-2-1-3-5-11/h1-10H,(H,18,19,20). The van der Waals surface area contributed by atoms with Crippen LogP contribution in [-0.2, 0) is 0 Å². The molecule has 0 bridgehead atoms. The van der Waals surface area contributed by atoms with E-state index in [0.29, 0.717) is 10.7 Å². The summed E-state index contributed by atoms with van der Waals surface area (Å²) in [7, 11) is 0. The first-order valence-electron chi connectivity index (χ1n) is 6.30. The predicted molar refractivity (Wildman–Crippen MR) is 94.7 cm³/mol. The highest BCUT2D eigenvalue weighted by Gasteiger charge is 2.09. The van der Waals surface area contributed by atoms with E-state index >= 15 is 0 Å². The normalized spacial score (nSPS) is 10.3. The number of anilines is 1. The van der Waals surface area contributed by atoms with Gasteiger partial charge in [-0.05, 0) is 52.4 Å². The number of hydrogen-bond donors (Lipinski definition) is 1. The van der Waals surface area contributed by atoms with Crippen LogP contribution in [0.3, 0.4) is 0 Å². The van der Waals surface area contributed by atoms with E-state index in [-0.39, 0.29) is 5.91 Å². The number of carbonyl (C=O) groups is 1. The van der Waals surface area contributed by atoms with Crippen molar-refractivity contribution in [2.45, 2.75) is 0 Å². The summed E-state index contributed by atoms with van der Waals surface area (Å²) in [6.07, 6.45) is 1.78. The molecule has 0 aliphatic rings. The van der Waals surface area contributed by atoms with Crippen LogP contribution >= 0.6 is 33.9 Å². The molecule has 0 fully saturated rings. The summed E-state index contributed by atoms with van der Waals surface area (Å²) in [6, 6.07) is 17.4. The molecule has 1 aromatic heterocycles. The van der Waals surface area contributed by atoms with Gasteiger partial charge in [0.1, 0.15) is 0 Å². The molecule has 3 nitrogen and oxygen atoms in total. The number of rotatable bonds is 3. The minimum atomic E-state index is -0.139. The second-order valence-corrected chi connectivity index (χ2v) is 6.63. The Bertz CT molecular complexity index is 753. The van der Waals surface area contributed by atoms with Crippen LogP contribution in [0.5, 0.6) is 0 Å². The summed E-state index contributed by atoms with van der Waals surface area (Å²) >= 11 is 3.68. The lowest BCUT2D eigenvalue weighted by atomic mass is 10.2. The van der Waals surface area contributed by atoms with Crippen LogP contribution in [0.15, 0.2) is 60.8 Å². The lowest BCUT2D eigenvalue weighted by Gasteiger charge is -2.01. The van der Waals surface area contributed by atoms with Crippen molar-refractivity contribution in [2.75, 3.05) is 5.32 Å². The fourth-order valence-electron chi connectivity index (χ4n) is 1.84. The maximum Gasteiger partial charge on any atom is 0.257 e. The molecule has 0 saturated heterocycles. The largest absolute Gasteiger partial charge is 0.298 e. The summed E-state index contributed by atoms with van der Waals surface area (Å²) < 4.78 is 1.10. The zero-order chi connectivity index (χ0) is 14.7. The lowest BCUT2D eigenvalue weighted by molar-refractivity contribution is 0.102. The highest BCUT2D eigenvalue weighted by atomic mass is 127. The minimum Gasteiger partial charge on any atom is -0.298 e. The highest BCUT2D eigenvalue weighted by molar-refractivity contribution is 14.1. The van der Waals surface area contributed by atoms with Crippen molar-refractivity contribution < 1.29 is 4.79 Å². The van der Waals surface area contributed by atoms with E-state index in [4.69, 9.17) is 0 Å². The Morgan fingerprint density at radius 3 is 2.48 bits per heavy atom. The first kappa shape index (κ1) is 14.2. The molecule has 21 heavy (non-hydrogen) atoms. The highest BCUT2D eigenvalue weighted by Crippen LogP contribution is 2.28. The molecule has 1 N–H and O–H groups in total. The second kappa shape index (κ2) is 6.36. The predicted octanol–water partition coefficient (Wildman–Crippen LogP) is 4.67. The fraction of sp³-hybridized carbons (Fsp3) is 0. The second-order valence-electron chi connectivity index (χ2n) is 4.36. The van der Waals surface area contributed by atoms with E-state index in [1.165, 1.54) is 11.3 Å². The van der Waals surface area contributed by atoms with E-state index < -0.39 is 0 Å². The fourth-order valence-corrected chi connectivity index (χ4v) is 3.01. The van der Waals surface area contributed by atoms with E-state index in [2.05, 4.69) is 32.9 Å². The summed E-state index contributed by atoms with van der Waals surface area (Å²) in [6.45, 7) is 0. The van der Waals surface area contributed by atoms with Crippen molar-refractivity contribution in [1.82, 2.24) is 4.98 Å². The van der Waals surface area contributed by atoms with Gasteiger partial charge in [-0.1, -0.05) is 41.7 Å². The molecule has 0 atom stereocenters. The quantitative estimate of drug-likeness (QED) is 0.643. The number of carbonyl (C=O) groups excluding carboxylic acids is 1. The van der Waals surface area contributed by atoms with Gasteiger partial charge in [-0.2, -0.15) is 0 Å². The molecule has 104 valence electrons. The van der Waals surface area contributed by atoms with Crippen molar-refractivity contribution in [3.63, 3.8) is 0 Å². The Balaban J connectivity index is 1.75. The van der Waals surface area contributed by atoms with E-state index in [1.54, 1.807) is 6.20 Å². The Morgan fingerprint density at radius 2 is 1.76 bits per heavy atom. The molecule has 0 saturated carbocycles. The SMILES string of the molecule is O=C(Nc1ncc(-c2ccccc2)s1)c1ccc(I)cc1. The Kier molecular flexibility index (Phi) is 4.31. The van der Waals surface area contributed by atoms with Crippen molar-refractivity contribution in [3.05, 3.63) is 69.9 Å². The van der Waals surface area contributed by atoms with Crippen LogP contribution in [0.4, 0.5) is 5.13 Å². The average Bonchev–Trinajstić information content (AvgIpc) is 2.97. The van der Waals surface area contributed by atoms with Crippen LogP contribution in [0, 0.1) is 3.57 Å². The van der Waals surface area contributed by atoms with E-state index in [9.17, 15) is 4.79 Å². The number of nitrogens with one attached hydrogen (secondary N) is 1. The first-order valence-corrected chi connectivity index (χ1v) is 8.20. The van der Waals surface area contributed by atoms with Gasteiger partial charge in [0.2, 0.25) is 0 Å². The summed E-state index contributed by atoms with van der Waals surface area (Å²) in [5, 5.41) is 3.44. The van der Waals surface area contributed by atoms with Gasteiger partial charge in [-0.15, -0.1) is 0 Å². The molecule has 2 aromatic carbocycles. The molecule has 0 unspecified atom stereocenters. The number of amides is 1. The topological polar surface area (TPSA) is 42.0 Å². The van der Waals surface area contributed by atoms with Crippen LogP contribution in [-0.4, -0.2) is 10.9 Å². The van der Waals surface area contributed by atoms with Gasteiger partial charge in [0.25, 0.3) is 5.91 Å². The maximum atomic E-state index is 12.1. The number of aromatic nitrogens is 1. The van der Waals surface area contributed by atoms with Gasteiger partial charge in [-0.3, -0.25) is 10.1 Å². The maximum absolute atomic E-state index is 12.1. The summed E-state index contributed by atoms with van der Waals surface area (Å²) in [5.41, 5.74) is 1.73. The van der Waals surface area contributed by atoms with Crippen LogP contribution in [0.25, 0.3) is 10.4 Å². The number of hydrogen-bond acceptors (Lipinski definition) is 3. The Hall–Kier alpha value is -1.73. The molecule has 0 aliphatic heterocycles. The first-order chi connectivity index (χ1) is 10.2. The summed E-state index contributed by atoms with van der Waals surface area (Å²) in [5.74, 6) is -0.139. The van der Waals surface area contributed by atoms with Crippen LogP contribution < -0.4 is 5.32 Å². The zero-order valence-electron chi connectivity index (χ0n) is 10.9. The molecular weight excluding hydrogens is 395 g/mol. The third-order valence-corrected chi connectivity index (χ3v) is 4.57. The molecule has 3 rings (SSSR count). The minimum absolute atomic E-state index is 0.139. The van der Waals surface area contributed by atoms with Gasteiger partial charge in [-0.25, -0.2) is 4.98 Å². The average molecular weight is 406 g/mol. The molecular formula is C16H11IN2OS. The van der Waals surface area contributed by atoms with E-state index in [0.717, 1.165) is 14.0 Å². The Morgan fingerprint density at radius 1 is 1.05 bits per heavy atom. The molecule has 5 heteroatoms. The van der Waals surface area contributed by atoms with E-state index in [1.807, 2.05) is 54.6 Å². The van der Waals surface area contributed by atoms with Crippen molar-refractivity contribution in [3.8, 4) is 10.4 Å². The van der Waals surface area contributed by atoms with Gasteiger partial charge in [0.05, 0.1) is 4.88 Å². The lowest BCUT2D eigenvalue weighted by Crippen LogP contribution is -2.11. The Labute approximate surface area is 140 Å². The molecule has 0 spiro atoms. The number of halogens is 1. The van der Waals surface area contributed by atoms with Crippen molar-refractivity contribution in [1.29, 1.82) is 0 Å². The van der Waals surface area contributed by atoms with Gasteiger partial charge in [0.15, 0.2) is 5.13 Å². The smallest absolute Gasteiger partial charge is 0.257 e. The number of benzene rings is 2. The van der Waals surface area contributed by atoms with Gasteiger partial charge in [0, 0.05) is 15.3 Å². The molecule has 0 radical (unpaired) electrons. The third kappa shape index (κ3) is 3.48. The number of thiazole rings is 1. The molecule has 1 heterocycles. The summed E-state index contributed by atoms with van der Waals surface area (Å²) in [4.78, 5) is 17.4. The van der Waals surface area contributed by atoms with Crippen molar-refractivity contribution >= 4 is 45.0 Å². The molecule has 1 amide bonds.